The molecule has 1 aromatic carbocycles. The lowest BCUT2D eigenvalue weighted by Crippen LogP contribution is -2.47. The highest BCUT2D eigenvalue weighted by Gasteiger charge is 2.35. The van der Waals surface area contributed by atoms with Crippen LogP contribution in [-0.2, 0) is 4.74 Å². The van der Waals surface area contributed by atoms with Crippen molar-refractivity contribution in [3.63, 3.8) is 0 Å². The van der Waals surface area contributed by atoms with Crippen LogP contribution < -0.4 is 0 Å². The Labute approximate surface area is 154 Å². The number of aromatic nitrogens is 3. The van der Waals surface area contributed by atoms with Crippen molar-refractivity contribution in [3.8, 4) is 5.88 Å². The van der Waals surface area contributed by atoms with Gasteiger partial charge in [-0.3, -0.25) is 4.90 Å². The van der Waals surface area contributed by atoms with E-state index in [1.807, 2.05) is 19.9 Å². The predicted molar refractivity (Wildman–Crippen MR) is 97.1 cm³/mol. The van der Waals surface area contributed by atoms with E-state index in [1.54, 1.807) is 19.1 Å². The molecule has 2 aromatic heterocycles. The lowest BCUT2D eigenvalue weighted by atomic mass is 10.0. The number of hydrogen-bond donors (Lipinski definition) is 1. The van der Waals surface area contributed by atoms with Gasteiger partial charge in [-0.1, -0.05) is 29.5 Å². The maximum Gasteiger partial charge on any atom is 0.230 e. The maximum absolute atomic E-state index is 14.7. The molecule has 0 unspecified atom stereocenters. The summed E-state index contributed by atoms with van der Waals surface area (Å²) in [5, 5.41) is 15.0. The molecule has 0 aliphatic carbocycles. The zero-order chi connectivity index (χ0) is 18.4. The second-order valence-electron chi connectivity index (χ2n) is 6.78. The topological polar surface area (TPSA) is 62.9 Å². The van der Waals surface area contributed by atoms with Gasteiger partial charge in [-0.05, 0) is 26.8 Å². The molecule has 1 N–H and O–H groups in total. The zero-order valence-corrected chi connectivity index (χ0v) is 15.7. The minimum absolute atomic E-state index is 0.0191. The van der Waals surface area contributed by atoms with Crippen molar-refractivity contribution in [2.75, 3.05) is 13.1 Å². The highest BCUT2D eigenvalue weighted by Crippen LogP contribution is 2.41. The van der Waals surface area contributed by atoms with Gasteiger partial charge in [0.05, 0.1) is 23.1 Å². The Morgan fingerprint density at radius 2 is 1.96 bits per heavy atom. The largest absolute Gasteiger partial charge is 0.492 e. The number of rotatable bonds is 3. The highest BCUT2D eigenvalue weighted by atomic mass is 32.1. The van der Waals surface area contributed by atoms with Crippen molar-refractivity contribution in [2.24, 2.45) is 0 Å². The van der Waals surface area contributed by atoms with Crippen molar-refractivity contribution < 1.29 is 14.2 Å². The second-order valence-corrected chi connectivity index (χ2v) is 7.79. The lowest BCUT2D eigenvalue weighted by Gasteiger charge is -2.40. The fourth-order valence-electron chi connectivity index (χ4n) is 3.66. The number of hydrogen-bond acceptors (Lipinski definition) is 6. The van der Waals surface area contributed by atoms with Crippen LogP contribution in [0.3, 0.4) is 0 Å². The average molecular weight is 376 g/mol. The molecule has 3 heterocycles. The van der Waals surface area contributed by atoms with Crippen molar-refractivity contribution in [3.05, 3.63) is 46.3 Å². The molecule has 0 saturated carbocycles. The van der Waals surface area contributed by atoms with Crippen LogP contribution in [0, 0.1) is 12.7 Å². The number of benzene rings is 1. The van der Waals surface area contributed by atoms with Crippen LogP contribution in [0.4, 0.5) is 4.39 Å². The summed E-state index contributed by atoms with van der Waals surface area (Å²) < 4.78 is 21.9. The van der Waals surface area contributed by atoms with E-state index in [0.29, 0.717) is 34.3 Å². The molecule has 0 amide bonds. The molecular weight excluding hydrogens is 355 g/mol. The van der Waals surface area contributed by atoms with E-state index in [-0.39, 0.29) is 23.9 Å². The summed E-state index contributed by atoms with van der Waals surface area (Å²) in [6, 6.07) is 6.29. The van der Waals surface area contributed by atoms with Gasteiger partial charge >= 0.3 is 0 Å². The summed E-state index contributed by atoms with van der Waals surface area (Å²) in [7, 11) is 0. The lowest BCUT2D eigenvalue weighted by molar-refractivity contribution is -0.0767. The fourth-order valence-corrected chi connectivity index (χ4v) is 4.81. The van der Waals surface area contributed by atoms with Crippen LogP contribution in [0.5, 0.6) is 5.88 Å². The molecule has 3 atom stereocenters. The minimum atomic E-state index is -0.418. The standard InChI is InChI=1S/C18H21FN4O2S/c1-10-8-22(9-11(2)25-10)15(13-6-4-5-7-14(13)19)16-17(24)23-18(26-16)20-12(3)21-23/h4-7,10-11,15,24H,8-9H2,1-3H3/t10-,11-,15-/m1/s1. The van der Waals surface area contributed by atoms with E-state index < -0.39 is 6.04 Å². The maximum atomic E-state index is 14.7. The number of fused-ring (bicyclic) bond motifs is 1. The van der Waals surface area contributed by atoms with Crippen molar-refractivity contribution in [2.45, 2.75) is 39.0 Å². The van der Waals surface area contributed by atoms with E-state index in [9.17, 15) is 9.50 Å². The van der Waals surface area contributed by atoms with Gasteiger partial charge in [-0.2, -0.15) is 4.52 Å². The van der Waals surface area contributed by atoms with Crippen LogP contribution >= 0.6 is 11.3 Å². The number of ether oxygens (including phenoxy) is 1. The minimum Gasteiger partial charge on any atom is -0.492 e. The van der Waals surface area contributed by atoms with Crippen LogP contribution in [0.15, 0.2) is 24.3 Å². The first-order valence-corrected chi connectivity index (χ1v) is 9.44. The zero-order valence-electron chi connectivity index (χ0n) is 14.9. The fraction of sp³-hybridized carbons (Fsp3) is 0.444. The van der Waals surface area contributed by atoms with Crippen molar-refractivity contribution in [1.29, 1.82) is 0 Å². The van der Waals surface area contributed by atoms with Gasteiger partial charge in [-0.15, -0.1) is 5.10 Å². The van der Waals surface area contributed by atoms with Gasteiger partial charge in [0, 0.05) is 18.7 Å². The molecule has 1 saturated heterocycles. The highest BCUT2D eigenvalue weighted by molar-refractivity contribution is 7.17. The summed E-state index contributed by atoms with van der Waals surface area (Å²) in [5.74, 6) is 0.318. The van der Waals surface area contributed by atoms with Gasteiger partial charge in [0.1, 0.15) is 11.6 Å². The van der Waals surface area contributed by atoms with E-state index in [4.69, 9.17) is 4.74 Å². The summed E-state index contributed by atoms with van der Waals surface area (Å²) >= 11 is 1.34. The Balaban J connectivity index is 1.85. The number of nitrogens with zero attached hydrogens (tertiary/aromatic N) is 4. The molecule has 0 radical (unpaired) electrons. The number of aryl methyl sites for hydroxylation is 1. The third-order valence-electron chi connectivity index (χ3n) is 4.57. The van der Waals surface area contributed by atoms with Crippen LogP contribution in [-0.4, -0.2) is 49.9 Å². The molecule has 0 spiro atoms. The smallest absolute Gasteiger partial charge is 0.230 e. The third kappa shape index (κ3) is 2.98. The van der Waals surface area contributed by atoms with Crippen LogP contribution in [0.2, 0.25) is 0 Å². The van der Waals surface area contributed by atoms with Gasteiger partial charge in [0.2, 0.25) is 10.8 Å². The first-order valence-electron chi connectivity index (χ1n) is 8.63. The molecule has 1 fully saturated rings. The molecule has 1 aliphatic rings. The number of thiazole rings is 1. The molecule has 1 aliphatic heterocycles. The van der Waals surface area contributed by atoms with E-state index >= 15 is 0 Å². The van der Waals surface area contributed by atoms with Crippen LogP contribution in [0.25, 0.3) is 4.96 Å². The first kappa shape index (κ1) is 17.4. The van der Waals surface area contributed by atoms with Crippen molar-refractivity contribution in [1.82, 2.24) is 19.5 Å². The molecule has 6 nitrogen and oxygen atoms in total. The second kappa shape index (κ2) is 6.61. The Bertz CT molecular complexity index is 931. The third-order valence-corrected chi connectivity index (χ3v) is 5.64. The summed E-state index contributed by atoms with van der Waals surface area (Å²) in [4.78, 5) is 7.75. The van der Waals surface area contributed by atoms with Crippen LogP contribution in [0.1, 0.15) is 36.2 Å². The SMILES string of the molecule is Cc1nc2sc([C@@H](c3ccccc3F)N3C[C@@H](C)O[C@H](C)C3)c(O)n2n1. The Morgan fingerprint density at radius 3 is 2.62 bits per heavy atom. The summed E-state index contributed by atoms with van der Waals surface area (Å²) in [6.07, 6.45) is 0.0548. The van der Waals surface area contributed by atoms with E-state index in [2.05, 4.69) is 15.0 Å². The van der Waals surface area contributed by atoms with Gasteiger partial charge in [-0.25, -0.2) is 9.37 Å². The summed E-state index contributed by atoms with van der Waals surface area (Å²) in [6.45, 7) is 7.09. The molecule has 138 valence electrons. The van der Waals surface area contributed by atoms with Gasteiger partial charge in [0.25, 0.3) is 0 Å². The van der Waals surface area contributed by atoms with Crippen molar-refractivity contribution >= 4 is 16.3 Å². The quantitative estimate of drug-likeness (QED) is 0.761. The Kier molecular flexibility index (Phi) is 4.42. The Morgan fingerprint density at radius 1 is 1.27 bits per heavy atom. The van der Waals surface area contributed by atoms with E-state index in [0.717, 1.165) is 0 Å². The summed E-state index contributed by atoms with van der Waals surface area (Å²) in [5.41, 5.74) is 0.533. The number of halogens is 1. The molecule has 4 rings (SSSR count). The Hall–Kier alpha value is -2.03. The molecule has 3 aromatic rings. The molecule has 8 heteroatoms. The van der Waals surface area contributed by atoms with E-state index in [1.165, 1.54) is 21.9 Å². The predicted octanol–water partition coefficient (Wildman–Crippen LogP) is 3.14. The average Bonchev–Trinajstić information content (AvgIpc) is 3.07. The van der Waals surface area contributed by atoms with Gasteiger partial charge in [0.15, 0.2) is 0 Å². The number of aromatic hydroxyl groups is 1. The molecule has 26 heavy (non-hydrogen) atoms. The number of morpholine rings is 1. The molecule has 0 bridgehead atoms. The monoisotopic (exact) mass is 376 g/mol. The normalized spacial score (nSPS) is 22.8. The molecular formula is C18H21FN4O2S. The van der Waals surface area contributed by atoms with Gasteiger partial charge < -0.3 is 9.84 Å². The first-order chi connectivity index (χ1) is 12.4.